The number of carbonyl (C=O) groups is 1. The minimum atomic E-state index is -1.65. The lowest BCUT2D eigenvalue weighted by Gasteiger charge is -2.08. The minimum absolute atomic E-state index is 0.178. The van der Waals surface area contributed by atoms with Crippen molar-refractivity contribution in [3.05, 3.63) is 53.8 Å². The molecule has 2 aromatic rings. The number of benzene rings is 2. The molecule has 0 heterocycles. The third-order valence-corrected chi connectivity index (χ3v) is 4.12. The van der Waals surface area contributed by atoms with Crippen molar-refractivity contribution in [1.29, 1.82) is 0 Å². The molecule has 6 heteroatoms. The number of aryl methyl sites for hydroxylation is 1. The molecule has 3 N–H and O–H groups in total. The van der Waals surface area contributed by atoms with Gasteiger partial charge in [0.1, 0.15) is 11.6 Å². The summed E-state index contributed by atoms with van der Waals surface area (Å²) in [5, 5.41) is 2.68. The summed E-state index contributed by atoms with van der Waals surface area (Å²) in [7, 11) is -1.65. The Kier molecular flexibility index (Phi) is 4.70. The van der Waals surface area contributed by atoms with Gasteiger partial charge in [-0.25, -0.2) is 4.39 Å². The Morgan fingerprint density at radius 3 is 2.67 bits per heavy atom. The second-order valence-corrected chi connectivity index (χ2v) is 6.02. The van der Waals surface area contributed by atoms with Gasteiger partial charge in [0.25, 0.3) is 0 Å². The van der Waals surface area contributed by atoms with Crippen molar-refractivity contribution in [2.24, 2.45) is 0 Å². The lowest BCUT2D eigenvalue weighted by atomic mass is 10.2. The topological polar surface area (TPSA) is 72.2 Å². The van der Waals surface area contributed by atoms with E-state index in [-0.39, 0.29) is 16.3 Å². The molecule has 2 aromatic carbocycles. The second kappa shape index (κ2) is 6.49. The zero-order valence-corrected chi connectivity index (χ0v) is 12.2. The van der Waals surface area contributed by atoms with Gasteiger partial charge >= 0.3 is 0 Å². The largest absolute Gasteiger partial charge is 0.399 e. The third kappa shape index (κ3) is 4.13. The summed E-state index contributed by atoms with van der Waals surface area (Å²) in [6.45, 7) is 1.86. The van der Waals surface area contributed by atoms with E-state index in [1.54, 1.807) is 12.1 Å². The molecule has 1 unspecified atom stereocenters. The molecule has 1 atom stereocenters. The van der Waals surface area contributed by atoms with Gasteiger partial charge in [-0.05, 0) is 36.8 Å². The standard InChI is InChI=1S/C15H15FN2O2S/c1-10-4-2-3-5-14(10)18-15(19)9-21(20)13-7-11(16)6-12(17)8-13/h2-8H,9,17H2,1H3,(H,18,19). The minimum Gasteiger partial charge on any atom is -0.399 e. The van der Waals surface area contributed by atoms with Crippen molar-refractivity contribution < 1.29 is 13.4 Å². The fraction of sp³-hybridized carbons (Fsp3) is 0.133. The lowest BCUT2D eigenvalue weighted by Crippen LogP contribution is -2.20. The van der Waals surface area contributed by atoms with E-state index in [0.29, 0.717) is 5.69 Å². The Morgan fingerprint density at radius 2 is 2.00 bits per heavy atom. The van der Waals surface area contributed by atoms with E-state index >= 15 is 0 Å². The maximum absolute atomic E-state index is 13.2. The van der Waals surface area contributed by atoms with Crippen LogP contribution in [0.4, 0.5) is 15.8 Å². The smallest absolute Gasteiger partial charge is 0.237 e. The normalized spacial score (nSPS) is 11.9. The first-order valence-corrected chi connectivity index (χ1v) is 7.57. The quantitative estimate of drug-likeness (QED) is 0.852. The number of para-hydroxylation sites is 1. The summed E-state index contributed by atoms with van der Waals surface area (Å²) in [5.74, 6) is -1.22. The van der Waals surface area contributed by atoms with Crippen LogP contribution in [-0.2, 0) is 15.6 Å². The number of hydrogen-bond acceptors (Lipinski definition) is 3. The van der Waals surface area contributed by atoms with Crippen LogP contribution < -0.4 is 11.1 Å². The highest BCUT2D eigenvalue weighted by Crippen LogP contribution is 2.16. The van der Waals surface area contributed by atoms with E-state index < -0.39 is 22.5 Å². The average Bonchev–Trinajstić information content (AvgIpc) is 2.40. The molecule has 0 spiro atoms. The van der Waals surface area contributed by atoms with Crippen molar-refractivity contribution in [2.75, 3.05) is 16.8 Å². The van der Waals surface area contributed by atoms with Crippen LogP contribution in [0.15, 0.2) is 47.4 Å². The molecule has 0 aliphatic heterocycles. The summed E-state index contributed by atoms with van der Waals surface area (Å²) in [4.78, 5) is 12.1. The van der Waals surface area contributed by atoms with E-state index in [2.05, 4.69) is 5.32 Å². The molecule has 2 rings (SSSR count). The fourth-order valence-electron chi connectivity index (χ4n) is 1.82. The predicted octanol–water partition coefficient (Wildman–Crippen LogP) is 2.46. The number of hydrogen-bond donors (Lipinski definition) is 2. The Hall–Kier alpha value is -2.21. The van der Waals surface area contributed by atoms with Crippen LogP contribution in [-0.4, -0.2) is 15.9 Å². The molecule has 0 saturated carbocycles. The van der Waals surface area contributed by atoms with Gasteiger partial charge in [-0.15, -0.1) is 0 Å². The molecule has 4 nitrogen and oxygen atoms in total. The van der Waals surface area contributed by atoms with Gasteiger partial charge in [0.05, 0.1) is 10.8 Å². The van der Waals surface area contributed by atoms with Crippen LogP contribution in [0.2, 0.25) is 0 Å². The van der Waals surface area contributed by atoms with Crippen molar-refractivity contribution >= 4 is 28.1 Å². The molecule has 0 aliphatic carbocycles. The molecule has 0 radical (unpaired) electrons. The number of carbonyl (C=O) groups excluding carboxylic acids is 1. The fourth-order valence-corrected chi connectivity index (χ4v) is 2.81. The molecule has 0 aliphatic rings. The highest BCUT2D eigenvalue weighted by molar-refractivity contribution is 7.85. The van der Waals surface area contributed by atoms with E-state index in [9.17, 15) is 13.4 Å². The highest BCUT2D eigenvalue weighted by atomic mass is 32.2. The van der Waals surface area contributed by atoms with Crippen molar-refractivity contribution in [1.82, 2.24) is 0 Å². The van der Waals surface area contributed by atoms with Crippen LogP contribution in [0.1, 0.15) is 5.56 Å². The van der Waals surface area contributed by atoms with Crippen molar-refractivity contribution in [3.8, 4) is 0 Å². The molecule has 1 amide bonds. The first-order chi connectivity index (χ1) is 9.95. The lowest BCUT2D eigenvalue weighted by molar-refractivity contribution is -0.113. The van der Waals surface area contributed by atoms with Gasteiger partial charge < -0.3 is 11.1 Å². The highest BCUT2D eigenvalue weighted by Gasteiger charge is 2.12. The van der Waals surface area contributed by atoms with Gasteiger partial charge in [0.2, 0.25) is 5.91 Å². The van der Waals surface area contributed by atoms with E-state index in [4.69, 9.17) is 5.73 Å². The van der Waals surface area contributed by atoms with Crippen LogP contribution in [0, 0.1) is 12.7 Å². The zero-order chi connectivity index (χ0) is 15.4. The molecular weight excluding hydrogens is 291 g/mol. The molecule has 0 bridgehead atoms. The summed E-state index contributed by atoms with van der Waals surface area (Å²) >= 11 is 0. The molecule has 0 fully saturated rings. The molecule has 0 saturated heterocycles. The summed E-state index contributed by atoms with van der Waals surface area (Å²) in [5.41, 5.74) is 7.25. The molecule has 110 valence electrons. The maximum atomic E-state index is 13.2. The summed E-state index contributed by atoms with van der Waals surface area (Å²) in [6, 6.07) is 10.9. The van der Waals surface area contributed by atoms with Crippen molar-refractivity contribution in [3.63, 3.8) is 0 Å². The second-order valence-electron chi connectivity index (χ2n) is 4.57. The van der Waals surface area contributed by atoms with Crippen LogP contribution in [0.3, 0.4) is 0 Å². The van der Waals surface area contributed by atoms with Gasteiger partial charge in [-0.3, -0.25) is 9.00 Å². The number of anilines is 2. The van der Waals surface area contributed by atoms with Gasteiger partial charge in [0.15, 0.2) is 0 Å². The summed E-state index contributed by atoms with van der Waals surface area (Å²) < 4.78 is 25.3. The molecule has 21 heavy (non-hydrogen) atoms. The summed E-state index contributed by atoms with van der Waals surface area (Å²) in [6.07, 6.45) is 0. The maximum Gasteiger partial charge on any atom is 0.237 e. The monoisotopic (exact) mass is 306 g/mol. The zero-order valence-electron chi connectivity index (χ0n) is 11.4. The first kappa shape index (κ1) is 15.2. The van der Waals surface area contributed by atoms with Gasteiger partial charge in [-0.1, -0.05) is 18.2 Å². The SMILES string of the molecule is Cc1ccccc1NC(=O)CS(=O)c1cc(N)cc(F)c1. The third-order valence-electron chi connectivity index (χ3n) is 2.84. The molecular formula is C15H15FN2O2S. The Balaban J connectivity index is 2.06. The van der Waals surface area contributed by atoms with Crippen LogP contribution >= 0.6 is 0 Å². The number of nitrogen functional groups attached to an aromatic ring is 1. The van der Waals surface area contributed by atoms with E-state index in [0.717, 1.165) is 17.7 Å². The van der Waals surface area contributed by atoms with Crippen LogP contribution in [0.5, 0.6) is 0 Å². The Labute approximate surface area is 124 Å². The first-order valence-electron chi connectivity index (χ1n) is 6.25. The molecule has 0 aromatic heterocycles. The van der Waals surface area contributed by atoms with Crippen molar-refractivity contribution in [2.45, 2.75) is 11.8 Å². The predicted molar refractivity (Wildman–Crippen MR) is 81.9 cm³/mol. The Bertz CT molecular complexity index is 684. The Morgan fingerprint density at radius 1 is 1.29 bits per heavy atom. The number of nitrogens with two attached hydrogens (primary N) is 1. The van der Waals surface area contributed by atoms with E-state index in [1.165, 1.54) is 6.07 Å². The average molecular weight is 306 g/mol. The van der Waals surface area contributed by atoms with Gasteiger partial charge in [0, 0.05) is 16.3 Å². The van der Waals surface area contributed by atoms with Crippen LogP contribution in [0.25, 0.3) is 0 Å². The number of halogens is 1. The number of rotatable bonds is 4. The van der Waals surface area contributed by atoms with E-state index in [1.807, 2.05) is 19.1 Å². The number of nitrogens with one attached hydrogen (secondary N) is 1. The number of amides is 1. The van der Waals surface area contributed by atoms with Gasteiger partial charge in [-0.2, -0.15) is 0 Å².